The summed E-state index contributed by atoms with van der Waals surface area (Å²) < 4.78 is 25.1. The van der Waals surface area contributed by atoms with Crippen molar-refractivity contribution in [2.24, 2.45) is 0 Å². The Kier molecular flexibility index (Phi) is 4.51. The number of carbonyl (C=O) groups excluding carboxylic acids is 1. The molecule has 0 aliphatic carbocycles. The molecule has 0 bridgehead atoms. The second-order valence-corrected chi connectivity index (χ2v) is 8.80. The van der Waals surface area contributed by atoms with E-state index in [1.807, 2.05) is 29.2 Å². The monoisotopic (exact) mass is 386 g/mol. The van der Waals surface area contributed by atoms with Gasteiger partial charge in [-0.2, -0.15) is 0 Å². The zero-order valence-corrected chi connectivity index (χ0v) is 16.0. The number of sulfonamides is 1. The molecule has 0 spiro atoms. The van der Waals surface area contributed by atoms with Crippen LogP contribution in [0.5, 0.6) is 0 Å². The standard InChI is InChI=1S/C19H22N4O3S/c1-27(25,26)23-9-7-15-14-16(5-6-17(15)23)19(24)22-12-10-21(11-13-22)18-4-2-3-8-20-18/h2-6,8,14H,7,9-13H2,1H3. The molecule has 1 aromatic carbocycles. The van der Waals surface area contributed by atoms with Crippen LogP contribution in [0.3, 0.4) is 0 Å². The summed E-state index contributed by atoms with van der Waals surface area (Å²) in [6, 6.07) is 11.2. The summed E-state index contributed by atoms with van der Waals surface area (Å²) in [6.07, 6.45) is 3.62. The Hall–Kier alpha value is -2.61. The Labute approximate surface area is 159 Å². The Morgan fingerprint density at radius 1 is 1.04 bits per heavy atom. The van der Waals surface area contributed by atoms with E-state index in [0.717, 1.165) is 24.5 Å². The van der Waals surface area contributed by atoms with Crippen LogP contribution < -0.4 is 9.21 Å². The summed E-state index contributed by atoms with van der Waals surface area (Å²) in [4.78, 5) is 21.3. The Balaban J connectivity index is 1.45. The van der Waals surface area contributed by atoms with Crippen molar-refractivity contribution in [3.05, 3.63) is 53.7 Å². The first kappa shape index (κ1) is 17.8. The van der Waals surface area contributed by atoms with E-state index in [9.17, 15) is 13.2 Å². The van der Waals surface area contributed by atoms with Crippen LogP contribution in [0, 0.1) is 0 Å². The maximum absolute atomic E-state index is 12.9. The highest BCUT2D eigenvalue weighted by Crippen LogP contribution is 2.31. The minimum atomic E-state index is -3.28. The van der Waals surface area contributed by atoms with Gasteiger partial charge in [-0.25, -0.2) is 13.4 Å². The number of hydrogen-bond donors (Lipinski definition) is 0. The van der Waals surface area contributed by atoms with Gasteiger partial charge >= 0.3 is 0 Å². The summed E-state index contributed by atoms with van der Waals surface area (Å²) >= 11 is 0. The zero-order chi connectivity index (χ0) is 19.0. The van der Waals surface area contributed by atoms with Gasteiger partial charge in [0.2, 0.25) is 10.0 Å². The number of piperazine rings is 1. The Morgan fingerprint density at radius 3 is 2.48 bits per heavy atom. The van der Waals surface area contributed by atoms with Gasteiger partial charge in [-0.05, 0) is 42.3 Å². The molecule has 7 nitrogen and oxygen atoms in total. The van der Waals surface area contributed by atoms with Crippen LogP contribution >= 0.6 is 0 Å². The summed E-state index contributed by atoms with van der Waals surface area (Å²) in [5.74, 6) is 0.930. The van der Waals surface area contributed by atoms with E-state index >= 15 is 0 Å². The van der Waals surface area contributed by atoms with Crippen molar-refractivity contribution < 1.29 is 13.2 Å². The van der Waals surface area contributed by atoms with Crippen LogP contribution in [0.1, 0.15) is 15.9 Å². The van der Waals surface area contributed by atoms with Gasteiger partial charge in [-0.3, -0.25) is 9.10 Å². The van der Waals surface area contributed by atoms with Gasteiger partial charge < -0.3 is 9.80 Å². The SMILES string of the molecule is CS(=O)(=O)N1CCc2cc(C(=O)N3CCN(c4ccccn4)CC3)ccc21. The molecule has 0 unspecified atom stereocenters. The summed E-state index contributed by atoms with van der Waals surface area (Å²) in [6.45, 7) is 3.21. The number of benzene rings is 1. The van der Waals surface area contributed by atoms with Crippen LogP contribution in [-0.4, -0.2) is 63.2 Å². The Bertz CT molecular complexity index is 954. The minimum absolute atomic E-state index is 0.00345. The summed E-state index contributed by atoms with van der Waals surface area (Å²) in [5.41, 5.74) is 2.22. The van der Waals surface area contributed by atoms with Gasteiger partial charge in [-0.15, -0.1) is 0 Å². The van der Waals surface area contributed by atoms with Crippen molar-refractivity contribution in [2.45, 2.75) is 6.42 Å². The van der Waals surface area contributed by atoms with E-state index in [1.165, 1.54) is 10.6 Å². The smallest absolute Gasteiger partial charge is 0.253 e. The number of fused-ring (bicyclic) bond motifs is 1. The van der Waals surface area contributed by atoms with Gasteiger partial charge in [0.15, 0.2) is 0 Å². The molecule has 1 aromatic heterocycles. The fraction of sp³-hybridized carbons (Fsp3) is 0.368. The largest absolute Gasteiger partial charge is 0.353 e. The summed E-state index contributed by atoms with van der Waals surface area (Å²) in [5, 5.41) is 0. The molecule has 142 valence electrons. The second kappa shape index (κ2) is 6.84. The topological polar surface area (TPSA) is 73.8 Å². The minimum Gasteiger partial charge on any atom is -0.353 e. The molecule has 4 rings (SSSR count). The predicted octanol–water partition coefficient (Wildman–Crippen LogP) is 1.37. The third kappa shape index (κ3) is 3.49. The van der Waals surface area contributed by atoms with Gasteiger partial charge in [0.1, 0.15) is 5.82 Å². The fourth-order valence-electron chi connectivity index (χ4n) is 3.71. The molecule has 0 radical (unpaired) electrons. The van der Waals surface area contributed by atoms with Crippen molar-refractivity contribution in [3.8, 4) is 0 Å². The first-order chi connectivity index (χ1) is 12.9. The van der Waals surface area contributed by atoms with Gasteiger partial charge in [0.05, 0.1) is 11.9 Å². The molecular weight excluding hydrogens is 364 g/mol. The maximum Gasteiger partial charge on any atom is 0.253 e. The van der Waals surface area contributed by atoms with Crippen LogP contribution in [0.25, 0.3) is 0 Å². The number of nitrogens with zero attached hydrogens (tertiary/aromatic N) is 4. The average Bonchev–Trinajstić information content (AvgIpc) is 3.12. The summed E-state index contributed by atoms with van der Waals surface area (Å²) in [7, 11) is -3.28. The first-order valence-corrected chi connectivity index (χ1v) is 10.8. The third-order valence-corrected chi connectivity index (χ3v) is 6.30. The number of amides is 1. The molecule has 8 heteroatoms. The lowest BCUT2D eigenvalue weighted by Crippen LogP contribution is -2.49. The van der Waals surface area contributed by atoms with Crippen molar-refractivity contribution in [1.82, 2.24) is 9.88 Å². The lowest BCUT2D eigenvalue weighted by atomic mass is 10.1. The number of rotatable bonds is 3. The molecule has 2 aromatic rings. The van der Waals surface area contributed by atoms with Crippen LogP contribution in [-0.2, 0) is 16.4 Å². The van der Waals surface area contributed by atoms with E-state index in [2.05, 4.69) is 9.88 Å². The van der Waals surface area contributed by atoms with Gasteiger partial charge in [-0.1, -0.05) is 6.07 Å². The second-order valence-electron chi connectivity index (χ2n) is 6.90. The average molecular weight is 386 g/mol. The van der Waals surface area contributed by atoms with Gasteiger partial charge in [0.25, 0.3) is 5.91 Å². The molecule has 1 fully saturated rings. The van der Waals surface area contributed by atoms with Crippen molar-refractivity contribution in [3.63, 3.8) is 0 Å². The molecule has 1 saturated heterocycles. The predicted molar refractivity (Wildman–Crippen MR) is 105 cm³/mol. The molecule has 0 atom stereocenters. The van der Waals surface area contributed by atoms with Crippen molar-refractivity contribution >= 4 is 27.4 Å². The normalized spacial score (nSPS) is 17.1. The van der Waals surface area contributed by atoms with E-state index in [-0.39, 0.29) is 5.91 Å². The lowest BCUT2D eigenvalue weighted by Gasteiger charge is -2.35. The number of aromatic nitrogens is 1. The third-order valence-electron chi connectivity index (χ3n) is 5.12. The molecule has 2 aliphatic heterocycles. The Morgan fingerprint density at radius 2 is 1.81 bits per heavy atom. The van der Waals surface area contributed by atoms with E-state index < -0.39 is 10.0 Å². The van der Waals surface area contributed by atoms with E-state index in [4.69, 9.17) is 0 Å². The van der Waals surface area contributed by atoms with E-state index in [0.29, 0.717) is 37.3 Å². The highest BCUT2D eigenvalue weighted by atomic mass is 32.2. The maximum atomic E-state index is 12.9. The lowest BCUT2D eigenvalue weighted by molar-refractivity contribution is 0.0746. The quantitative estimate of drug-likeness (QED) is 0.797. The number of anilines is 2. The molecular formula is C19H22N4O3S. The number of pyridine rings is 1. The van der Waals surface area contributed by atoms with E-state index in [1.54, 1.807) is 18.3 Å². The molecule has 1 amide bonds. The van der Waals surface area contributed by atoms with Gasteiger partial charge in [0, 0.05) is 44.5 Å². The number of hydrogen-bond acceptors (Lipinski definition) is 5. The molecule has 3 heterocycles. The fourth-order valence-corrected chi connectivity index (χ4v) is 4.67. The zero-order valence-electron chi connectivity index (χ0n) is 15.2. The molecule has 2 aliphatic rings. The number of carbonyl (C=O) groups is 1. The first-order valence-electron chi connectivity index (χ1n) is 8.99. The van der Waals surface area contributed by atoms with Crippen molar-refractivity contribution in [2.75, 3.05) is 48.2 Å². The molecule has 0 N–H and O–H groups in total. The van der Waals surface area contributed by atoms with Crippen LogP contribution in [0.15, 0.2) is 42.6 Å². The highest BCUT2D eigenvalue weighted by molar-refractivity contribution is 7.92. The van der Waals surface area contributed by atoms with Crippen molar-refractivity contribution in [1.29, 1.82) is 0 Å². The van der Waals surface area contributed by atoms with Crippen LogP contribution in [0.2, 0.25) is 0 Å². The molecule has 27 heavy (non-hydrogen) atoms. The molecule has 0 saturated carbocycles. The highest BCUT2D eigenvalue weighted by Gasteiger charge is 2.28. The van der Waals surface area contributed by atoms with Crippen LogP contribution in [0.4, 0.5) is 11.5 Å².